The second-order valence-corrected chi connectivity index (χ2v) is 8.84. The Hall–Kier alpha value is -0.130. The third kappa shape index (κ3) is 6.23. The summed E-state index contributed by atoms with van der Waals surface area (Å²) in [6, 6.07) is 0.482. The Bertz CT molecular complexity index is 352. The van der Waals surface area contributed by atoms with Crippen LogP contribution in [0.3, 0.4) is 0 Å². The molecule has 1 rings (SSSR count). The van der Waals surface area contributed by atoms with Gasteiger partial charge in [-0.3, -0.25) is 0 Å². The molecule has 0 atom stereocenters. The Morgan fingerprint density at radius 1 is 1.21 bits per heavy atom. The van der Waals surface area contributed by atoms with Crippen LogP contribution in [0.4, 0.5) is 0 Å². The summed E-state index contributed by atoms with van der Waals surface area (Å²) < 4.78 is 25.6. The maximum atomic E-state index is 11.9. The Balaban J connectivity index is 2.29. The van der Waals surface area contributed by atoms with Crippen molar-refractivity contribution in [2.24, 2.45) is 5.41 Å². The fraction of sp³-hybridized carbons (Fsp3) is 1.00. The molecule has 0 saturated carbocycles. The van der Waals surface area contributed by atoms with Crippen molar-refractivity contribution in [3.05, 3.63) is 0 Å². The smallest absolute Gasteiger partial charge is 0.214 e. The zero-order chi connectivity index (χ0) is 14.5. The van der Waals surface area contributed by atoms with Gasteiger partial charge in [-0.2, -0.15) is 0 Å². The summed E-state index contributed by atoms with van der Waals surface area (Å²) in [5, 5.41) is 3.56. The Morgan fingerprint density at radius 2 is 1.79 bits per heavy atom. The van der Waals surface area contributed by atoms with E-state index in [1.165, 1.54) is 0 Å². The van der Waals surface area contributed by atoms with Crippen LogP contribution in [-0.4, -0.2) is 44.2 Å². The summed E-state index contributed by atoms with van der Waals surface area (Å²) >= 11 is 0. The first-order chi connectivity index (χ1) is 8.74. The van der Waals surface area contributed by atoms with Gasteiger partial charge in [0.15, 0.2) is 0 Å². The van der Waals surface area contributed by atoms with E-state index in [4.69, 9.17) is 0 Å². The minimum atomic E-state index is -3.00. The molecule has 0 bridgehead atoms. The lowest BCUT2D eigenvalue weighted by Crippen LogP contribution is -2.45. The second-order valence-electron chi connectivity index (χ2n) is 6.75. The molecule has 1 heterocycles. The number of hydrogen-bond donors (Lipinski definition) is 1. The summed E-state index contributed by atoms with van der Waals surface area (Å²) in [6.45, 7) is 11.0. The fourth-order valence-electron chi connectivity index (χ4n) is 2.38. The van der Waals surface area contributed by atoms with Crippen LogP contribution in [0.2, 0.25) is 0 Å². The van der Waals surface area contributed by atoms with Gasteiger partial charge in [-0.15, -0.1) is 0 Å². The van der Waals surface area contributed by atoms with E-state index < -0.39 is 10.0 Å². The minimum absolute atomic E-state index is 0.287. The number of nitrogens with one attached hydrogen (secondary N) is 1. The third-order valence-corrected chi connectivity index (χ3v) is 5.69. The van der Waals surface area contributed by atoms with Gasteiger partial charge in [0.05, 0.1) is 5.75 Å². The Morgan fingerprint density at radius 3 is 2.26 bits per heavy atom. The molecule has 1 aliphatic rings. The summed E-state index contributed by atoms with van der Waals surface area (Å²) in [5.41, 5.74) is 0.359. The lowest BCUT2D eigenvalue weighted by Gasteiger charge is -2.32. The molecule has 1 aliphatic heterocycles. The maximum Gasteiger partial charge on any atom is 0.214 e. The van der Waals surface area contributed by atoms with E-state index >= 15 is 0 Å². The second kappa shape index (κ2) is 7.04. The normalized spacial score (nSPS) is 19.8. The van der Waals surface area contributed by atoms with E-state index in [9.17, 15) is 8.42 Å². The molecule has 114 valence electrons. The molecule has 0 spiro atoms. The fourth-order valence-corrected chi connectivity index (χ4v) is 3.92. The van der Waals surface area contributed by atoms with E-state index in [-0.39, 0.29) is 5.75 Å². The highest BCUT2D eigenvalue weighted by Gasteiger charge is 2.27. The first-order valence-electron chi connectivity index (χ1n) is 7.46. The predicted molar refractivity (Wildman–Crippen MR) is 80.7 cm³/mol. The highest BCUT2D eigenvalue weighted by Crippen LogP contribution is 2.19. The number of hydrogen-bond acceptors (Lipinski definition) is 3. The molecule has 0 unspecified atom stereocenters. The van der Waals surface area contributed by atoms with Crippen LogP contribution in [0.15, 0.2) is 0 Å². The molecule has 0 radical (unpaired) electrons. The first kappa shape index (κ1) is 16.9. The summed E-state index contributed by atoms with van der Waals surface area (Å²) in [7, 11) is -3.00. The quantitative estimate of drug-likeness (QED) is 0.816. The molecule has 0 aliphatic carbocycles. The molecule has 0 amide bonds. The van der Waals surface area contributed by atoms with E-state index in [1.54, 1.807) is 4.31 Å². The molecule has 0 aromatic carbocycles. The zero-order valence-electron chi connectivity index (χ0n) is 12.9. The highest BCUT2D eigenvalue weighted by atomic mass is 32.2. The van der Waals surface area contributed by atoms with E-state index in [0.29, 0.717) is 31.0 Å². The zero-order valence-corrected chi connectivity index (χ0v) is 13.7. The summed E-state index contributed by atoms with van der Waals surface area (Å²) in [6.07, 6.45) is 3.73. The molecule has 1 N–H and O–H groups in total. The van der Waals surface area contributed by atoms with Crippen LogP contribution >= 0.6 is 0 Å². The van der Waals surface area contributed by atoms with Crippen molar-refractivity contribution in [2.75, 3.05) is 25.4 Å². The molecule has 19 heavy (non-hydrogen) atoms. The minimum Gasteiger partial charge on any atom is -0.314 e. The topological polar surface area (TPSA) is 49.4 Å². The number of sulfonamides is 1. The van der Waals surface area contributed by atoms with Crippen LogP contribution in [0, 0.1) is 5.41 Å². The van der Waals surface area contributed by atoms with Gasteiger partial charge >= 0.3 is 0 Å². The molecule has 1 saturated heterocycles. The summed E-state index contributed by atoms with van der Waals surface area (Å²) in [4.78, 5) is 0. The van der Waals surface area contributed by atoms with Crippen LogP contribution in [0.5, 0.6) is 0 Å². The largest absolute Gasteiger partial charge is 0.314 e. The number of nitrogens with zero attached hydrogens (tertiary/aromatic N) is 1. The average molecular weight is 290 g/mol. The number of piperidine rings is 1. The Labute approximate surface area is 119 Å². The molecule has 4 nitrogen and oxygen atoms in total. The van der Waals surface area contributed by atoms with Crippen molar-refractivity contribution in [3.63, 3.8) is 0 Å². The van der Waals surface area contributed by atoms with Gasteiger partial charge in [0.1, 0.15) is 0 Å². The van der Waals surface area contributed by atoms with E-state index in [0.717, 1.165) is 25.8 Å². The maximum absolute atomic E-state index is 11.9. The molecule has 0 aromatic heterocycles. The monoisotopic (exact) mass is 290 g/mol. The van der Waals surface area contributed by atoms with Gasteiger partial charge in [0.25, 0.3) is 0 Å². The third-order valence-electron chi connectivity index (χ3n) is 3.62. The van der Waals surface area contributed by atoms with Crippen LogP contribution in [0.1, 0.15) is 53.4 Å². The van der Waals surface area contributed by atoms with Crippen molar-refractivity contribution < 1.29 is 8.42 Å². The van der Waals surface area contributed by atoms with Gasteiger partial charge in [-0.05, 0) is 37.6 Å². The standard InChI is InChI=1S/C14H30N2O2S/c1-5-12-19(17,18)16-10-6-13(7-11-16)15-9-8-14(2,3)4/h13,15H,5-12H2,1-4H3. The average Bonchev–Trinajstić information content (AvgIpc) is 2.28. The number of rotatable bonds is 6. The van der Waals surface area contributed by atoms with Crippen LogP contribution in [-0.2, 0) is 10.0 Å². The molecular weight excluding hydrogens is 260 g/mol. The van der Waals surface area contributed by atoms with Gasteiger partial charge in [0, 0.05) is 19.1 Å². The molecule has 1 fully saturated rings. The summed E-state index contributed by atoms with van der Waals surface area (Å²) in [5.74, 6) is 0.287. The van der Waals surface area contributed by atoms with Gasteiger partial charge in [-0.1, -0.05) is 27.7 Å². The van der Waals surface area contributed by atoms with Crippen molar-refractivity contribution in [2.45, 2.75) is 59.4 Å². The van der Waals surface area contributed by atoms with E-state index in [2.05, 4.69) is 26.1 Å². The Kier molecular flexibility index (Phi) is 6.27. The SMILES string of the molecule is CCCS(=O)(=O)N1CCC(NCCC(C)(C)C)CC1. The predicted octanol–water partition coefficient (Wildman–Crippen LogP) is 2.22. The molecule has 0 aromatic rings. The molecule has 5 heteroatoms. The van der Waals surface area contributed by atoms with Crippen molar-refractivity contribution in [1.29, 1.82) is 0 Å². The lowest BCUT2D eigenvalue weighted by molar-refractivity contribution is 0.276. The van der Waals surface area contributed by atoms with Crippen molar-refractivity contribution >= 4 is 10.0 Å². The van der Waals surface area contributed by atoms with Gasteiger partial charge in [-0.25, -0.2) is 12.7 Å². The van der Waals surface area contributed by atoms with Crippen molar-refractivity contribution in [3.8, 4) is 0 Å². The first-order valence-corrected chi connectivity index (χ1v) is 9.07. The van der Waals surface area contributed by atoms with Gasteiger partial charge < -0.3 is 5.32 Å². The van der Waals surface area contributed by atoms with Crippen molar-refractivity contribution in [1.82, 2.24) is 9.62 Å². The van der Waals surface area contributed by atoms with Crippen LogP contribution in [0.25, 0.3) is 0 Å². The molecular formula is C14H30N2O2S. The van der Waals surface area contributed by atoms with Gasteiger partial charge in [0.2, 0.25) is 10.0 Å². The lowest BCUT2D eigenvalue weighted by atomic mass is 9.92. The van der Waals surface area contributed by atoms with Crippen LogP contribution < -0.4 is 5.32 Å². The van der Waals surface area contributed by atoms with E-state index in [1.807, 2.05) is 6.92 Å². The highest BCUT2D eigenvalue weighted by molar-refractivity contribution is 7.89.